The molecule has 0 bridgehead atoms. The molecule has 1 aliphatic rings. The molecule has 0 saturated carbocycles. The van der Waals surface area contributed by atoms with E-state index in [1.165, 1.54) is 11.3 Å². The van der Waals surface area contributed by atoms with Gasteiger partial charge in [0.15, 0.2) is 0 Å². The lowest BCUT2D eigenvalue weighted by molar-refractivity contribution is -0.130. The van der Waals surface area contributed by atoms with Crippen LogP contribution in [0.1, 0.15) is 30.0 Å². The number of carbonyl (C=O) groups excluding carboxylic acids is 1. The first-order valence-corrected chi connectivity index (χ1v) is 5.46. The number of aromatic nitrogens is 1. The molecule has 3 heteroatoms. The Balaban J connectivity index is 2.34. The predicted molar refractivity (Wildman–Crippen MR) is 59.8 cm³/mol. The number of nitrogens with zero attached hydrogens (tertiary/aromatic N) is 2. The van der Waals surface area contributed by atoms with Gasteiger partial charge in [0.25, 0.3) is 0 Å². The molecule has 0 aliphatic heterocycles. The van der Waals surface area contributed by atoms with Crippen LogP contribution in [0, 0.1) is 0 Å². The van der Waals surface area contributed by atoms with Crippen LogP contribution in [-0.2, 0) is 18.3 Å². The molecule has 3 nitrogen and oxygen atoms in total. The van der Waals surface area contributed by atoms with Gasteiger partial charge in [0.1, 0.15) is 0 Å². The Bertz CT molecular complexity index is 379. The summed E-state index contributed by atoms with van der Waals surface area (Å²) in [6.45, 7) is 0. The molecule has 0 saturated heterocycles. The number of hydrogen-bond acceptors (Lipinski definition) is 1. The molecule has 1 heterocycles. The zero-order valence-electron chi connectivity index (χ0n) is 9.66. The summed E-state index contributed by atoms with van der Waals surface area (Å²) in [6.07, 6.45) is 5.28. The zero-order chi connectivity index (χ0) is 11.0. The van der Waals surface area contributed by atoms with Crippen LogP contribution in [0.3, 0.4) is 0 Å². The minimum atomic E-state index is 0.0879. The minimum absolute atomic E-state index is 0.0879. The van der Waals surface area contributed by atoms with E-state index in [0.29, 0.717) is 0 Å². The van der Waals surface area contributed by atoms with Gasteiger partial charge in [-0.3, -0.25) is 4.79 Å². The summed E-state index contributed by atoms with van der Waals surface area (Å²) >= 11 is 0. The maximum atomic E-state index is 12.0. The van der Waals surface area contributed by atoms with Crippen molar-refractivity contribution in [2.24, 2.45) is 7.05 Å². The van der Waals surface area contributed by atoms with Crippen molar-refractivity contribution in [3.63, 3.8) is 0 Å². The van der Waals surface area contributed by atoms with Gasteiger partial charge < -0.3 is 9.47 Å². The third-order valence-electron chi connectivity index (χ3n) is 3.26. The maximum absolute atomic E-state index is 12.0. The second-order valence-corrected chi connectivity index (χ2v) is 4.51. The molecule has 1 aromatic rings. The van der Waals surface area contributed by atoms with Gasteiger partial charge in [-0.25, -0.2) is 0 Å². The van der Waals surface area contributed by atoms with E-state index in [9.17, 15) is 4.79 Å². The Hall–Kier alpha value is -1.25. The van der Waals surface area contributed by atoms with E-state index >= 15 is 0 Å². The number of hydrogen-bond donors (Lipinski definition) is 0. The van der Waals surface area contributed by atoms with Crippen molar-refractivity contribution in [1.29, 1.82) is 0 Å². The predicted octanol–water partition coefficient (Wildman–Crippen LogP) is 1.53. The lowest BCUT2D eigenvalue weighted by Crippen LogP contribution is -2.30. The highest BCUT2D eigenvalue weighted by Crippen LogP contribution is 2.32. The molecular weight excluding hydrogens is 188 g/mol. The summed E-state index contributed by atoms with van der Waals surface area (Å²) in [4.78, 5) is 13.7. The average molecular weight is 206 g/mol. The minimum Gasteiger partial charge on any atom is -0.354 e. The van der Waals surface area contributed by atoms with E-state index in [1.54, 1.807) is 4.90 Å². The lowest BCUT2D eigenvalue weighted by Gasteiger charge is -2.25. The molecule has 0 fully saturated rings. The summed E-state index contributed by atoms with van der Waals surface area (Å²) in [6, 6.07) is 2.10. The van der Waals surface area contributed by atoms with E-state index in [4.69, 9.17) is 0 Å². The Kier molecular flexibility index (Phi) is 2.55. The Morgan fingerprint density at radius 2 is 2.27 bits per heavy atom. The highest BCUT2D eigenvalue weighted by molar-refractivity contribution is 5.83. The molecule has 2 rings (SSSR count). The summed E-state index contributed by atoms with van der Waals surface area (Å²) in [5.74, 6) is 0.326. The van der Waals surface area contributed by atoms with Gasteiger partial charge in [-0.2, -0.15) is 0 Å². The number of amides is 1. The van der Waals surface area contributed by atoms with Crippen LogP contribution in [0.5, 0.6) is 0 Å². The first-order valence-electron chi connectivity index (χ1n) is 5.46. The first-order chi connectivity index (χ1) is 7.11. The number of fused-ring (bicyclic) bond motifs is 1. The summed E-state index contributed by atoms with van der Waals surface area (Å²) in [5, 5.41) is 0. The molecule has 0 radical (unpaired) electrons. The largest absolute Gasteiger partial charge is 0.354 e. The second-order valence-electron chi connectivity index (χ2n) is 4.51. The van der Waals surface area contributed by atoms with Crippen molar-refractivity contribution in [3.8, 4) is 0 Å². The molecular formula is C12H18N2O. The van der Waals surface area contributed by atoms with Crippen LogP contribution in [0.15, 0.2) is 12.3 Å². The zero-order valence-corrected chi connectivity index (χ0v) is 9.66. The molecule has 1 aliphatic carbocycles. The van der Waals surface area contributed by atoms with Crippen LogP contribution >= 0.6 is 0 Å². The summed E-state index contributed by atoms with van der Waals surface area (Å²) in [7, 11) is 5.72. The third kappa shape index (κ3) is 1.66. The van der Waals surface area contributed by atoms with Crippen LogP contribution < -0.4 is 0 Å². The van der Waals surface area contributed by atoms with Gasteiger partial charge in [-0.15, -0.1) is 0 Å². The fourth-order valence-electron chi connectivity index (χ4n) is 2.42. The normalized spacial score (nSPS) is 19.8. The molecule has 0 aromatic carbocycles. The monoisotopic (exact) mass is 206 g/mol. The van der Waals surface area contributed by atoms with E-state index in [1.807, 2.05) is 14.1 Å². The van der Waals surface area contributed by atoms with E-state index < -0.39 is 0 Å². The second kappa shape index (κ2) is 3.72. The topological polar surface area (TPSA) is 25.2 Å². The maximum Gasteiger partial charge on any atom is 0.229 e. The first kappa shape index (κ1) is 10.3. The van der Waals surface area contributed by atoms with Gasteiger partial charge in [0.05, 0.1) is 5.92 Å². The molecule has 82 valence electrons. The fourth-order valence-corrected chi connectivity index (χ4v) is 2.42. The Labute approximate surface area is 90.7 Å². The third-order valence-corrected chi connectivity index (χ3v) is 3.26. The van der Waals surface area contributed by atoms with Crippen molar-refractivity contribution in [1.82, 2.24) is 9.47 Å². The smallest absolute Gasteiger partial charge is 0.229 e. The van der Waals surface area contributed by atoms with E-state index in [2.05, 4.69) is 23.9 Å². The molecule has 0 N–H and O–H groups in total. The van der Waals surface area contributed by atoms with Gasteiger partial charge >= 0.3 is 0 Å². The number of aryl methyl sites for hydroxylation is 1. The molecule has 1 aromatic heterocycles. The van der Waals surface area contributed by atoms with Crippen molar-refractivity contribution in [2.75, 3.05) is 14.1 Å². The SMILES string of the molecule is CN(C)C(=O)C1CCCc2c1ccn2C. The highest BCUT2D eigenvalue weighted by atomic mass is 16.2. The Morgan fingerprint density at radius 1 is 1.53 bits per heavy atom. The quantitative estimate of drug-likeness (QED) is 0.684. The Morgan fingerprint density at radius 3 is 2.93 bits per heavy atom. The van der Waals surface area contributed by atoms with Crippen molar-refractivity contribution >= 4 is 5.91 Å². The van der Waals surface area contributed by atoms with Gasteiger partial charge in [0, 0.05) is 33.0 Å². The molecule has 0 spiro atoms. The van der Waals surface area contributed by atoms with Crippen LogP contribution in [0.4, 0.5) is 0 Å². The van der Waals surface area contributed by atoms with Gasteiger partial charge in [0.2, 0.25) is 5.91 Å². The van der Waals surface area contributed by atoms with E-state index in [-0.39, 0.29) is 11.8 Å². The average Bonchev–Trinajstić information content (AvgIpc) is 2.59. The van der Waals surface area contributed by atoms with E-state index in [0.717, 1.165) is 19.3 Å². The molecule has 1 atom stereocenters. The molecule has 15 heavy (non-hydrogen) atoms. The van der Waals surface area contributed by atoms with Crippen LogP contribution in [-0.4, -0.2) is 29.5 Å². The molecule has 1 amide bonds. The van der Waals surface area contributed by atoms with Gasteiger partial charge in [-0.1, -0.05) is 0 Å². The number of likely N-dealkylation sites (N-methyl/N-ethyl adjacent to an activating group) is 1. The van der Waals surface area contributed by atoms with Crippen molar-refractivity contribution in [2.45, 2.75) is 25.2 Å². The number of carbonyl (C=O) groups is 1. The lowest BCUT2D eigenvalue weighted by atomic mass is 9.86. The van der Waals surface area contributed by atoms with Crippen LogP contribution in [0.2, 0.25) is 0 Å². The summed E-state index contributed by atoms with van der Waals surface area (Å²) < 4.78 is 2.14. The summed E-state index contributed by atoms with van der Waals surface area (Å²) in [5.41, 5.74) is 2.57. The van der Waals surface area contributed by atoms with Crippen molar-refractivity contribution < 1.29 is 4.79 Å². The molecule has 1 unspecified atom stereocenters. The van der Waals surface area contributed by atoms with Gasteiger partial charge in [-0.05, 0) is 30.9 Å². The number of rotatable bonds is 1. The fraction of sp³-hybridized carbons (Fsp3) is 0.583. The van der Waals surface area contributed by atoms with Crippen LogP contribution in [0.25, 0.3) is 0 Å². The highest BCUT2D eigenvalue weighted by Gasteiger charge is 2.28. The standard InChI is InChI=1S/C12H18N2O/c1-13(2)12(15)10-5-4-6-11-9(10)7-8-14(11)3/h7-8,10H,4-6H2,1-3H3. The van der Waals surface area contributed by atoms with Crippen molar-refractivity contribution in [3.05, 3.63) is 23.5 Å².